The van der Waals surface area contributed by atoms with Crippen molar-refractivity contribution in [3.8, 4) is 0 Å². The number of benzene rings is 1. The molecule has 0 bridgehead atoms. The van der Waals surface area contributed by atoms with Crippen molar-refractivity contribution in [2.75, 3.05) is 6.54 Å². The Kier molecular flexibility index (Phi) is 5.55. The van der Waals surface area contributed by atoms with E-state index in [1.807, 2.05) is 6.92 Å². The van der Waals surface area contributed by atoms with E-state index in [2.05, 4.69) is 21.2 Å². The summed E-state index contributed by atoms with van der Waals surface area (Å²) in [4.78, 5) is 11.8. The standard InChI is InChI=1S/C12H14BrF2NO/c1-8(13)4-5-16-12(17)7-9-2-3-10(14)11(15)6-9/h2-3,6,8H,4-5,7H2,1H3,(H,16,17). The Labute approximate surface area is 108 Å². The molecule has 0 aliphatic rings. The molecule has 0 radical (unpaired) electrons. The summed E-state index contributed by atoms with van der Waals surface area (Å²) in [5.41, 5.74) is 0.466. The summed E-state index contributed by atoms with van der Waals surface area (Å²) in [6, 6.07) is 3.48. The van der Waals surface area contributed by atoms with Gasteiger partial charge in [-0.15, -0.1) is 0 Å². The van der Waals surface area contributed by atoms with Gasteiger partial charge in [0.15, 0.2) is 11.6 Å². The molecule has 1 N–H and O–H groups in total. The summed E-state index contributed by atoms with van der Waals surface area (Å²) in [6.45, 7) is 2.55. The lowest BCUT2D eigenvalue weighted by Crippen LogP contribution is -2.27. The Morgan fingerprint density at radius 3 is 2.71 bits per heavy atom. The molecule has 94 valence electrons. The zero-order chi connectivity index (χ0) is 12.8. The molecule has 1 aromatic carbocycles. The molecule has 0 heterocycles. The molecule has 1 rings (SSSR count). The monoisotopic (exact) mass is 305 g/mol. The van der Waals surface area contributed by atoms with Crippen molar-refractivity contribution in [2.45, 2.75) is 24.6 Å². The van der Waals surface area contributed by atoms with E-state index in [4.69, 9.17) is 0 Å². The summed E-state index contributed by atoms with van der Waals surface area (Å²) in [6.07, 6.45) is 0.886. The van der Waals surface area contributed by atoms with Gasteiger partial charge in [-0.25, -0.2) is 8.78 Å². The van der Waals surface area contributed by atoms with Gasteiger partial charge in [-0.05, 0) is 24.1 Å². The number of rotatable bonds is 5. The average Bonchev–Trinajstić information content (AvgIpc) is 2.23. The van der Waals surface area contributed by atoms with Gasteiger partial charge in [0.25, 0.3) is 0 Å². The van der Waals surface area contributed by atoms with Crippen LogP contribution in [0.25, 0.3) is 0 Å². The van der Waals surface area contributed by atoms with Gasteiger partial charge in [0, 0.05) is 11.4 Å². The topological polar surface area (TPSA) is 29.1 Å². The Balaban J connectivity index is 2.42. The van der Waals surface area contributed by atoms with Crippen LogP contribution in [0.5, 0.6) is 0 Å². The SMILES string of the molecule is CC(Br)CCNC(=O)Cc1ccc(F)c(F)c1. The van der Waals surface area contributed by atoms with Crippen molar-refractivity contribution < 1.29 is 13.6 Å². The third-order valence-corrected chi connectivity index (χ3v) is 2.67. The maximum absolute atomic E-state index is 12.9. The van der Waals surface area contributed by atoms with Crippen LogP contribution >= 0.6 is 15.9 Å². The van der Waals surface area contributed by atoms with Crippen LogP contribution in [0.2, 0.25) is 0 Å². The van der Waals surface area contributed by atoms with Crippen molar-refractivity contribution in [2.24, 2.45) is 0 Å². The third-order valence-electron chi connectivity index (χ3n) is 2.21. The van der Waals surface area contributed by atoms with Gasteiger partial charge in [-0.3, -0.25) is 4.79 Å². The highest BCUT2D eigenvalue weighted by Crippen LogP contribution is 2.09. The zero-order valence-electron chi connectivity index (χ0n) is 9.47. The molecule has 0 aromatic heterocycles. The van der Waals surface area contributed by atoms with Crippen LogP contribution in [0.1, 0.15) is 18.9 Å². The number of alkyl halides is 1. The summed E-state index contributed by atoms with van der Waals surface area (Å²) >= 11 is 3.37. The molecule has 1 unspecified atom stereocenters. The molecule has 1 aromatic rings. The number of carbonyl (C=O) groups excluding carboxylic acids is 1. The van der Waals surface area contributed by atoms with E-state index in [0.29, 0.717) is 16.9 Å². The van der Waals surface area contributed by atoms with Crippen molar-refractivity contribution in [1.82, 2.24) is 5.32 Å². The summed E-state index contributed by atoms with van der Waals surface area (Å²) in [5, 5.41) is 2.71. The third kappa shape index (κ3) is 5.26. The summed E-state index contributed by atoms with van der Waals surface area (Å²) in [7, 11) is 0. The number of halogens is 3. The lowest BCUT2D eigenvalue weighted by atomic mass is 10.1. The van der Waals surface area contributed by atoms with Crippen LogP contribution < -0.4 is 5.32 Å². The van der Waals surface area contributed by atoms with Gasteiger partial charge < -0.3 is 5.32 Å². The van der Waals surface area contributed by atoms with E-state index >= 15 is 0 Å². The zero-order valence-corrected chi connectivity index (χ0v) is 11.1. The maximum Gasteiger partial charge on any atom is 0.224 e. The van der Waals surface area contributed by atoms with Crippen LogP contribution in [0.15, 0.2) is 18.2 Å². The van der Waals surface area contributed by atoms with Gasteiger partial charge >= 0.3 is 0 Å². The minimum atomic E-state index is -0.926. The predicted molar refractivity (Wildman–Crippen MR) is 66.1 cm³/mol. The Morgan fingerprint density at radius 1 is 1.41 bits per heavy atom. The molecule has 0 aliphatic heterocycles. The van der Waals surface area contributed by atoms with Gasteiger partial charge in [-0.1, -0.05) is 28.9 Å². The molecule has 2 nitrogen and oxygen atoms in total. The van der Waals surface area contributed by atoms with Gasteiger partial charge in [0.2, 0.25) is 5.91 Å². The fourth-order valence-corrected chi connectivity index (χ4v) is 1.54. The molecule has 17 heavy (non-hydrogen) atoms. The molecule has 0 saturated carbocycles. The number of carbonyl (C=O) groups is 1. The second-order valence-electron chi connectivity index (χ2n) is 3.84. The average molecular weight is 306 g/mol. The quantitative estimate of drug-likeness (QED) is 0.833. The van der Waals surface area contributed by atoms with E-state index in [1.165, 1.54) is 6.07 Å². The highest BCUT2D eigenvalue weighted by atomic mass is 79.9. The van der Waals surface area contributed by atoms with Crippen molar-refractivity contribution in [3.05, 3.63) is 35.4 Å². The molecule has 1 amide bonds. The highest BCUT2D eigenvalue weighted by molar-refractivity contribution is 9.09. The second-order valence-corrected chi connectivity index (χ2v) is 5.41. The van der Waals surface area contributed by atoms with Gasteiger partial charge in [0.1, 0.15) is 0 Å². The largest absolute Gasteiger partial charge is 0.356 e. The van der Waals surface area contributed by atoms with Gasteiger partial charge in [0.05, 0.1) is 6.42 Å². The predicted octanol–water partition coefficient (Wildman–Crippen LogP) is 2.80. The molecule has 0 spiro atoms. The number of nitrogens with one attached hydrogen (secondary N) is 1. The van der Waals surface area contributed by atoms with E-state index in [0.717, 1.165) is 18.6 Å². The minimum Gasteiger partial charge on any atom is -0.356 e. The minimum absolute atomic E-state index is 0.0634. The fraction of sp³-hybridized carbons (Fsp3) is 0.417. The van der Waals surface area contributed by atoms with Crippen molar-refractivity contribution in [1.29, 1.82) is 0 Å². The van der Waals surface area contributed by atoms with E-state index in [9.17, 15) is 13.6 Å². The highest BCUT2D eigenvalue weighted by Gasteiger charge is 2.07. The first-order valence-corrected chi connectivity index (χ1v) is 6.25. The van der Waals surface area contributed by atoms with Crippen LogP contribution in [0.4, 0.5) is 8.78 Å². The first-order valence-electron chi connectivity index (χ1n) is 5.33. The van der Waals surface area contributed by atoms with Crippen LogP contribution in [-0.4, -0.2) is 17.3 Å². The smallest absolute Gasteiger partial charge is 0.224 e. The second kappa shape index (κ2) is 6.69. The van der Waals surface area contributed by atoms with Crippen LogP contribution in [0.3, 0.4) is 0 Å². The summed E-state index contributed by atoms with van der Waals surface area (Å²) < 4.78 is 25.5. The Morgan fingerprint density at radius 2 is 2.12 bits per heavy atom. The molecule has 5 heteroatoms. The molecular weight excluding hydrogens is 292 g/mol. The lowest BCUT2D eigenvalue weighted by molar-refractivity contribution is -0.120. The Hall–Kier alpha value is -0.970. The van der Waals surface area contributed by atoms with E-state index in [-0.39, 0.29) is 12.3 Å². The molecular formula is C12H14BrF2NO. The van der Waals surface area contributed by atoms with Crippen LogP contribution in [-0.2, 0) is 11.2 Å². The van der Waals surface area contributed by atoms with Crippen molar-refractivity contribution in [3.63, 3.8) is 0 Å². The van der Waals surface area contributed by atoms with Crippen molar-refractivity contribution >= 4 is 21.8 Å². The van der Waals surface area contributed by atoms with Crippen LogP contribution in [0, 0.1) is 11.6 Å². The fourth-order valence-electron chi connectivity index (χ4n) is 1.31. The first-order chi connectivity index (χ1) is 7.99. The summed E-state index contributed by atoms with van der Waals surface area (Å²) in [5.74, 6) is -2.02. The van der Waals surface area contributed by atoms with Gasteiger partial charge in [-0.2, -0.15) is 0 Å². The Bertz CT molecular complexity index is 396. The number of hydrogen-bond acceptors (Lipinski definition) is 1. The molecule has 0 saturated heterocycles. The lowest BCUT2D eigenvalue weighted by Gasteiger charge is -2.06. The normalized spacial score (nSPS) is 12.2. The number of amides is 1. The van der Waals surface area contributed by atoms with E-state index < -0.39 is 11.6 Å². The molecule has 1 atom stereocenters. The molecule has 0 aliphatic carbocycles. The first kappa shape index (κ1) is 14.1. The number of hydrogen-bond donors (Lipinski definition) is 1. The maximum atomic E-state index is 12.9. The molecule has 0 fully saturated rings. The van der Waals surface area contributed by atoms with E-state index in [1.54, 1.807) is 0 Å².